The third-order valence-corrected chi connectivity index (χ3v) is 3.34. The number of rotatable bonds is 10. The molecule has 0 bridgehead atoms. The van der Waals surface area contributed by atoms with Gasteiger partial charge in [-0.3, -0.25) is 4.79 Å². The van der Waals surface area contributed by atoms with Gasteiger partial charge in [-0.05, 0) is 38.8 Å². The van der Waals surface area contributed by atoms with Crippen molar-refractivity contribution in [3.8, 4) is 5.75 Å². The van der Waals surface area contributed by atoms with Crippen molar-refractivity contribution in [1.82, 2.24) is 10.6 Å². The van der Waals surface area contributed by atoms with Crippen molar-refractivity contribution in [2.75, 3.05) is 26.7 Å². The highest BCUT2D eigenvalue weighted by atomic mass is 19.1. The Balaban J connectivity index is 2.38. The fraction of sp³-hybridized carbons (Fsp3) is 0.556. The first-order valence-corrected chi connectivity index (χ1v) is 8.57. The van der Waals surface area contributed by atoms with Crippen molar-refractivity contribution in [3.63, 3.8) is 0 Å². The molecular formula is C18H28FN3O3. The van der Waals surface area contributed by atoms with Gasteiger partial charge in [0.05, 0.1) is 13.7 Å². The van der Waals surface area contributed by atoms with Gasteiger partial charge in [-0.15, -0.1) is 0 Å². The van der Waals surface area contributed by atoms with Crippen LogP contribution in [0.25, 0.3) is 0 Å². The first kappa shape index (κ1) is 20.7. The molecule has 1 aromatic rings. The molecule has 0 heterocycles. The van der Waals surface area contributed by atoms with Crippen LogP contribution < -0.4 is 15.4 Å². The average molecular weight is 353 g/mol. The van der Waals surface area contributed by atoms with Gasteiger partial charge >= 0.3 is 5.97 Å². The van der Waals surface area contributed by atoms with Gasteiger partial charge in [0.2, 0.25) is 0 Å². The van der Waals surface area contributed by atoms with Crippen LogP contribution >= 0.6 is 0 Å². The zero-order chi connectivity index (χ0) is 18.5. The molecule has 0 spiro atoms. The van der Waals surface area contributed by atoms with Crippen molar-refractivity contribution in [2.24, 2.45) is 4.99 Å². The quantitative estimate of drug-likeness (QED) is 0.293. The van der Waals surface area contributed by atoms with Crippen molar-refractivity contribution in [3.05, 3.63) is 30.1 Å². The van der Waals surface area contributed by atoms with Crippen molar-refractivity contribution >= 4 is 11.9 Å². The predicted molar refractivity (Wildman–Crippen MR) is 96.3 cm³/mol. The van der Waals surface area contributed by atoms with Gasteiger partial charge in [0, 0.05) is 19.5 Å². The lowest BCUT2D eigenvalue weighted by molar-refractivity contribution is -0.140. The van der Waals surface area contributed by atoms with Crippen LogP contribution in [-0.4, -0.2) is 44.8 Å². The monoisotopic (exact) mass is 353 g/mol. The minimum absolute atomic E-state index is 0.195. The van der Waals surface area contributed by atoms with E-state index >= 15 is 0 Å². The molecule has 0 aliphatic heterocycles. The minimum atomic E-state index is -0.381. The Morgan fingerprint density at radius 1 is 1.28 bits per heavy atom. The molecule has 25 heavy (non-hydrogen) atoms. The number of aliphatic imine (C=N–C) groups is 1. The summed E-state index contributed by atoms with van der Waals surface area (Å²) in [6, 6.07) is 6.32. The van der Waals surface area contributed by atoms with Gasteiger partial charge in [0.15, 0.2) is 17.5 Å². The number of carbonyl (C=O) groups excluding carboxylic acids is 1. The van der Waals surface area contributed by atoms with Crippen molar-refractivity contribution < 1.29 is 18.7 Å². The Hall–Kier alpha value is -2.31. The number of guanidine groups is 1. The highest BCUT2D eigenvalue weighted by Gasteiger charge is 2.08. The van der Waals surface area contributed by atoms with Gasteiger partial charge in [-0.25, -0.2) is 9.38 Å². The summed E-state index contributed by atoms with van der Waals surface area (Å²) < 4.78 is 23.7. The van der Waals surface area contributed by atoms with E-state index in [4.69, 9.17) is 4.74 Å². The first-order valence-electron chi connectivity index (χ1n) is 8.57. The molecule has 0 radical (unpaired) electrons. The van der Waals surface area contributed by atoms with Gasteiger partial charge in [0.1, 0.15) is 6.10 Å². The molecule has 0 aliphatic carbocycles. The van der Waals surface area contributed by atoms with Gasteiger partial charge < -0.3 is 20.1 Å². The van der Waals surface area contributed by atoms with Crippen LogP contribution in [0.15, 0.2) is 29.3 Å². The number of halogens is 1. The number of ether oxygens (including phenoxy) is 2. The fourth-order valence-corrected chi connectivity index (χ4v) is 2.06. The predicted octanol–water partition coefficient (Wildman–Crippen LogP) is 2.49. The summed E-state index contributed by atoms with van der Waals surface area (Å²) in [6.45, 7) is 5.65. The van der Waals surface area contributed by atoms with E-state index in [0.717, 1.165) is 19.4 Å². The zero-order valence-electron chi connectivity index (χ0n) is 15.2. The molecule has 2 N–H and O–H groups in total. The number of methoxy groups -OCH3 is 1. The summed E-state index contributed by atoms with van der Waals surface area (Å²) in [7, 11) is 1.39. The molecule has 0 saturated heterocycles. The number of unbranched alkanes of at least 4 members (excludes halogenated alkanes) is 1. The maximum absolute atomic E-state index is 13.6. The molecule has 0 saturated carbocycles. The fourth-order valence-electron chi connectivity index (χ4n) is 2.06. The van der Waals surface area contributed by atoms with Gasteiger partial charge in [0.25, 0.3) is 0 Å². The largest absolute Gasteiger partial charge is 0.486 e. The topological polar surface area (TPSA) is 72.0 Å². The lowest BCUT2D eigenvalue weighted by Crippen LogP contribution is -2.38. The number of para-hydroxylation sites is 1. The van der Waals surface area contributed by atoms with Crippen LogP contribution in [0.5, 0.6) is 5.75 Å². The highest BCUT2D eigenvalue weighted by Crippen LogP contribution is 2.16. The molecular weight excluding hydrogens is 325 g/mol. The third-order valence-electron chi connectivity index (χ3n) is 3.34. The first-order chi connectivity index (χ1) is 12.1. The lowest BCUT2D eigenvalue weighted by atomic mass is 10.2. The highest BCUT2D eigenvalue weighted by molar-refractivity contribution is 5.79. The average Bonchev–Trinajstić information content (AvgIpc) is 2.61. The van der Waals surface area contributed by atoms with Crippen LogP contribution in [0.4, 0.5) is 4.39 Å². The van der Waals surface area contributed by atoms with E-state index in [1.165, 1.54) is 13.2 Å². The van der Waals surface area contributed by atoms with E-state index < -0.39 is 0 Å². The van der Waals surface area contributed by atoms with Gasteiger partial charge in [-0.2, -0.15) is 0 Å². The number of carbonyl (C=O) groups is 1. The van der Waals surface area contributed by atoms with Crippen molar-refractivity contribution in [2.45, 2.75) is 39.2 Å². The smallest absolute Gasteiger partial charge is 0.305 e. The van der Waals surface area contributed by atoms with Crippen LogP contribution in [0.2, 0.25) is 0 Å². The normalized spacial score (nSPS) is 12.4. The molecule has 1 atom stereocenters. The molecule has 0 aromatic heterocycles. The number of nitrogens with zero attached hydrogens (tertiary/aromatic N) is 1. The van der Waals surface area contributed by atoms with E-state index in [1.54, 1.807) is 18.2 Å². The Labute approximate surface area is 148 Å². The number of hydrogen-bond donors (Lipinski definition) is 2. The van der Waals surface area contributed by atoms with Crippen LogP contribution in [-0.2, 0) is 9.53 Å². The second-order valence-corrected chi connectivity index (χ2v) is 5.54. The summed E-state index contributed by atoms with van der Waals surface area (Å²) in [4.78, 5) is 15.5. The Morgan fingerprint density at radius 2 is 2.04 bits per heavy atom. The van der Waals surface area contributed by atoms with E-state index in [0.29, 0.717) is 25.5 Å². The molecule has 1 aromatic carbocycles. The van der Waals surface area contributed by atoms with E-state index in [1.807, 2.05) is 13.8 Å². The summed E-state index contributed by atoms with van der Waals surface area (Å²) in [6.07, 6.45) is 1.75. The number of esters is 1. The van der Waals surface area contributed by atoms with Crippen molar-refractivity contribution in [1.29, 1.82) is 0 Å². The Bertz CT molecular complexity index is 552. The molecule has 6 nitrogen and oxygen atoms in total. The number of benzene rings is 1. The summed E-state index contributed by atoms with van der Waals surface area (Å²) in [5.41, 5.74) is 0. The van der Waals surface area contributed by atoms with E-state index in [9.17, 15) is 9.18 Å². The second-order valence-electron chi connectivity index (χ2n) is 5.54. The SMILES string of the molecule is CCNC(=NCC(C)Oc1ccccc1F)NCCCCC(=O)OC. The molecule has 0 fully saturated rings. The van der Waals surface area contributed by atoms with E-state index in [2.05, 4.69) is 20.4 Å². The number of hydrogen-bond acceptors (Lipinski definition) is 4. The summed E-state index contributed by atoms with van der Waals surface area (Å²) in [5, 5.41) is 6.34. The maximum atomic E-state index is 13.6. The molecule has 7 heteroatoms. The summed E-state index contributed by atoms with van der Waals surface area (Å²) >= 11 is 0. The van der Waals surface area contributed by atoms with E-state index in [-0.39, 0.29) is 23.6 Å². The molecule has 1 unspecified atom stereocenters. The number of nitrogens with one attached hydrogen (secondary N) is 2. The zero-order valence-corrected chi connectivity index (χ0v) is 15.2. The lowest BCUT2D eigenvalue weighted by Gasteiger charge is -2.15. The van der Waals surface area contributed by atoms with Crippen LogP contribution in [0, 0.1) is 5.82 Å². The molecule has 0 amide bonds. The standard InChI is InChI=1S/C18H28FN3O3/c1-4-20-18(21-12-8-7-11-17(23)24-3)22-13-14(2)25-16-10-6-5-9-15(16)19/h5-6,9-10,14H,4,7-8,11-13H2,1-3H3,(H2,20,21,22). The molecule has 1 rings (SSSR count). The van der Waals surface area contributed by atoms with Crippen LogP contribution in [0.3, 0.4) is 0 Å². The third kappa shape index (κ3) is 8.93. The Kier molecular flexibility index (Phi) is 10.0. The molecule has 140 valence electrons. The second kappa shape index (κ2) is 12.1. The maximum Gasteiger partial charge on any atom is 0.305 e. The Morgan fingerprint density at radius 3 is 2.72 bits per heavy atom. The minimum Gasteiger partial charge on any atom is -0.486 e. The van der Waals surface area contributed by atoms with Crippen LogP contribution in [0.1, 0.15) is 33.1 Å². The summed E-state index contributed by atoms with van der Waals surface area (Å²) in [5.74, 6) is 0.323. The molecule has 0 aliphatic rings. The van der Waals surface area contributed by atoms with Gasteiger partial charge in [-0.1, -0.05) is 12.1 Å².